The number of nitrogens with zero attached hydrogens (tertiary/aromatic N) is 1. The average Bonchev–Trinajstić information content (AvgIpc) is 3.10. The lowest BCUT2D eigenvalue weighted by Crippen LogP contribution is -2.28. The predicted molar refractivity (Wildman–Crippen MR) is 63.9 cm³/mol. The minimum Gasteiger partial charge on any atom is -0.478 e. The number of para-hydroxylation sites is 1. The Kier molecular flexibility index (Phi) is 3.13. The number of carbonyl (C=O) groups is 1. The van der Waals surface area contributed by atoms with Crippen molar-refractivity contribution in [3.8, 4) is 0 Å². The third-order valence-corrected chi connectivity index (χ3v) is 2.82. The molecule has 0 heterocycles. The number of hydrogen-bond donors (Lipinski definition) is 1. The third kappa shape index (κ3) is 2.30. The molecule has 0 atom stereocenters. The minimum atomic E-state index is -1.10. The molecule has 0 radical (unpaired) electrons. The molecule has 0 saturated heterocycles. The molecule has 0 spiro atoms. The van der Waals surface area contributed by atoms with E-state index in [-0.39, 0.29) is 17.3 Å². The highest BCUT2D eigenvalue weighted by Crippen LogP contribution is 2.35. The molecule has 0 unspecified atom stereocenters. The van der Waals surface area contributed by atoms with Crippen LogP contribution < -0.4 is 4.90 Å². The van der Waals surface area contributed by atoms with Crippen molar-refractivity contribution in [1.29, 1.82) is 0 Å². The number of anilines is 1. The van der Waals surface area contributed by atoms with Crippen molar-refractivity contribution in [2.75, 3.05) is 11.4 Å². The average molecular weight is 235 g/mol. The van der Waals surface area contributed by atoms with E-state index in [0.29, 0.717) is 6.54 Å². The molecule has 1 aromatic carbocycles. The second-order valence-electron chi connectivity index (χ2n) is 4.11. The van der Waals surface area contributed by atoms with Crippen molar-refractivity contribution < 1.29 is 14.3 Å². The molecule has 0 aromatic heterocycles. The summed E-state index contributed by atoms with van der Waals surface area (Å²) in [5, 5.41) is 9.09. The van der Waals surface area contributed by atoms with Crippen LogP contribution in [0.25, 0.3) is 0 Å². The maximum absolute atomic E-state index is 13.8. The Morgan fingerprint density at radius 1 is 1.59 bits per heavy atom. The second kappa shape index (κ2) is 4.57. The first-order chi connectivity index (χ1) is 8.15. The highest BCUT2D eigenvalue weighted by Gasteiger charge is 2.32. The zero-order chi connectivity index (χ0) is 12.4. The molecule has 3 nitrogen and oxygen atoms in total. The van der Waals surface area contributed by atoms with Crippen LogP contribution in [0.2, 0.25) is 0 Å². The van der Waals surface area contributed by atoms with Crippen LogP contribution in [0, 0.1) is 5.82 Å². The van der Waals surface area contributed by atoms with Crippen LogP contribution in [0.15, 0.2) is 30.9 Å². The number of carboxylic acids is 1. The van der Waals surface area contributed by atoms with Crippen LogP contribution in [-0.4, -0.2) is 23.7 Å². The maximum atomic E-state index is 13.8. The summed E-state index contributed by atoms with van der Waals surface area (Å²) in [5.74, 6) is -1.59. The van der Waals surface area contributed by atoms with Crippen molar-refractivity contribution in [1.82, 2.24) is 0 Å². The molecule has 1 aliphatic rings. The molecular weight excluding hydrogens is 221 g/mol. The van der Waals surface area contributed by atoms with E-state index in [0.717, 1.165) is 12.8 Å². The van der Waals surface area contributed by atoms with Gasteiger partial charge in [-0.05, 0) is 25.0 Å². The fraction of sp³-hybridized carbons (Fsp3) is 0.308. The van der Waals surface area contributed by atoms with Gasteiger partial charge < -0.3 is 10.0 Å². The molecule has 0 bridgehead atoms. The number of carboxylic acid groups (broad SMARTS) is 1. The van der Waals surface area contributed by atoms with Crippen LogP contribution in [0.4, 0.5) is 10.1 Å². The summed E-state index contributed by atoms with van der Waals surface area (Å²) < 4.78 is 13.8. The van der Waals surface area contributed by atoms with E-state index < -0.39 is 11.8 Å². The molecule has 1 N–H and O–H groups in total. The molecule has 1 aromatic rings. The van der Waals surface area contributed by atoms with Gasteiger partial charge in [0.1, 0.15) is 5.82 Å². The molecule has 2 rings (SSSR count). The van der Waals surface area contributed by atoms with E-state index in [9.17, 15) is 9.18 Å². The first kappa shape index (κ1) is 11.6. The summed E-state index contributed by atoms with van der Waals surface area (Å²) >= 11 is 0. The van der Waals surface area contributed by atoms with Crippen LogP contribution in [-0.2, 0) is 0 Å². The summed E-state index contributed by atoms with van der Waals surface area (Å²) in [6.45, 7) is 4.09. The Hall–Kier alpha value is -1.84. The molecular formula is C13H14FNO2. The largest absolute Gasteiger partial charge is 0.478 e. The molecule has 17 heavy (non-hydrogen) atoms. The van der Waals surface area contributed by atoms with Crippen LogP contribution in [0.1, 0.15) is 23.2 Å². The first-order valence-corrected chi connectivity index (χ1v) is 5.54. The normalized spacial score (nSPS) is 14.4. The summed E-state index contributed by atoms with van der Waals surface area (Å²) in [5.41, 5.74) is 0.196. The van der Waals surface area contributed by atoms with Crippen LogP contribution in [0.5, 0.6) is 0 Å². The molecule has 0 amide bonds. The van der Waals surface area contributed by atoms with Gasteiger partial charge >= 0.3 is 5.97 Å². The number of aromatic carboxylic acids is 1. The van der Waals surface area contributed by atoms with Gasteiger partial charge in [-0.1, -0.05) is 12.1 Å². The standard InChI is InChI=1S/C13H14FNO2/c1-2-8-15(9-6-7-9)12-10(13(16)17)4-3-5-11(12)14/h2-5,9H,1,6-8H2,(H,16,17). The van der Waals surface area contributed by atoms with E-state index in [1.165, 1.54) is 18.2 Å². The van der Waals surface area contributed by atoms with Gasteiger partial charge in [0, 0.05) is 12.6 Å². The summed E-state index contributed by atoms with van der Waals surface area (Å²) in [7, 11) is 0. The molecule has 1 fully saturated rings. The van der Waals surface area contributed by atoms with Crippen molar-refractivity contribution >= 4 is 11.7 Å². The smallest absolute Gasteiger partial charge is 0.337 e. The Bertz CT molecular complexity index is 455. The Balaban J connectivity index is 2.46. The van der Waals surface area contributed by atoms with Gasteiger partial charge in [0.15, 0.2) is 0 Å². The lowest BCUT2D eigenvalue weighted by atomic mass is 10.1. The lowest BCUT2D eigenvalue weighted by Gasteiger charge is -2.25. The van der Waals surface area contributed by atoms with Crippen molar-refractivity contribution in [2.24, 2.45) is 0 Å². The maximum Gasteiger partial charge on any atom is 0.337 e. The van der Waals surface area contributed by atoms with E-state index >= 15 is 0 Å². The summed E-state index contributed by atoms with van der Waals surface area (Å²) in [6, 6.07) is 4.38. The molecule has 1 saturated carbocycles. The van der Waals surface area contributed by atoms with Crippen molar-refractivity contribution in [3.05, 3.63) is 42.2 Å². The van der Waals surface area contributed by atoms with Gasteiger partial charge in [-0.3, -0.25) is 0 Å². The number of rotatable bonds is 5. The van der Waals surface area contributed by atoms with Gasteiger partial charge in [0.05, 0.1) is 11.3 Å². The zero-order valence-electron chi connectivity index (χ0n) is 9.40. The fourth-order valence-electron chi connectivity index (χ4n) is 1.93. The monoisotopic (exact) mass is 235 g/mol. The highest BCUT2D eigenvalue weighted by atomic mass is 19.1. The van der Waals surface area contributed by atoms with Gasteiger partial charge in [-0.15, -0.1) is 6.58 Å². The first-order valence-electron chi connectivity index (χ1n) is 5.54. The topological polar surface area (TPSA) is 40.5 Å². The van der Waals surface area contributed by atoms with Crippen LogP contribution in [0.3, 0.4) is 0 Å². The molecule has 90 valence electrons. The minimum absolute atomic E-state index is 0.0127. The summed E-state index contributed by atoms with van der Waals surface area (Å²) in [4.78, 5) is 12.9. The molecule has 1 aliphatic carbocycles. The zero-order valence-corrected chi connectivity index (χ0v) is 9.40. The third-order valence-electron chi connectivity index (χ3n) is 2.82. The van der Waals surface area contributed by atoms with E-state index in [1.54, 1.807) is 11.0 Å². The Morgan fingerprint density at radius 3 is 2.82 bits per heavy atom. The summed E-state index contributed by atoms with van der Waals surface area (Å²) in [6.07, 6.45) is 3.61. The van der Waals surface area contributed by atoms with Gasteiger partial charge in [0.2, 0.25) is 0 Å². The number of halogens is 1. The molecule has 0 aliphatic heterocycles. The molecule has 4 heteroatoms. The number of benzene rings is 1. The predicted octanol–water partition coefficient (Wildman–Crippen LogP) is 2.68. The van der Waals surface area contributed by atoms with E-state index in [4.69, 9.17) is 5.11 Å². The quantitative estimate of drug-likeness (QED) is 0.798. The highest BCUT2D eigenvalue weighted by molar-refractivity contribution is 5.94. The second-order valence-corrected chi connectivity index (χ2v) is 4.11. The van der Waals surface area contributed by atoms with Gasteiger partial charge in [0.25, 0.3) is 0 Å². The fourth-order valence-corrected chi connectivity index (χ4v) is 1.93. The van der Waals surface area contributed by atoms with E-state index in [2.05, 4.69) is 6.58 Å². The lowest BCUT2D eigenvalue weighted by molar-refractivity contribution is 0.0697. The Labute approximate surface area is 99.2 Å². The van der Waals surface area contributed by atoms with Crippen LogP contribution >= 0.6 is 0 Å². The van der Waals surface area contributed by atoms with Crippen molar-refractivity contribution in [3.63, 3.8) is 0 Å². The Morgan fingerprint density at radius 2 is 2.29 bits per heavy atom. The van der Waals surface area contributed by atoms with Crippen molar-refractivity contribution in [2.45, 2.75) is 18.9 Å². The van der Waals surface area contributed by atoms with E-state index in [1.807, 2.05) is 0 Å². The van der Waals surface area contributed by atoms with Gasteiger partial charge in [-0.25, -0.2) is 9.18 Å². The number of hydrogen-bond acceptors (Lipinski definition) is 2. The van der Waals surface area contributed by atoms with Gasteiger partial charge in [-0.2, -0.15) is 0 Å². The SMILES string of the molecule is C=CCN(c1c(F)cccc1C(=O)O)C1CC1.